The Morgan fingerprint density at radius 1 is 1.41 bits per heavy atom. The fraction of sp³-hybridized carbons (Fsp3) is 0.304. The van der Waals surface area contributed by atoms with Crippen molar-refractivity contribution in [3.05, 3.63) is 57.8 Å². The van der Waals surface area contributed by atoms with Gasteiger partial charge < -0.3 is 21.0 Å². The number of amides is 2. The molecule has 0 bridgehead atoms. The minimum absolute atomic E-state index is 0.0280. The summed E-state index contributed by atoms with van der Waals surface area (Å²) in [5.41, 5.74) is 7.44. The second-order valence-corrected chi connectivity index (χ2v) is 11.2. The third kappa shape index (κ3) is 5.65. The molecule has 0 spiro atoms. The number of nitrogens with zero attached hydrogens (tertiary/aromatic N) is 4. The molecule has 4 heterocycles. The largest absolute Gasteiger partial charge is 0.477 e. The van der Waals surface area contributed by atoms with Crippen LogP contribution in [0, 0.1) is 0 Å². The standard InChI is InChI=1S/C23H22N6O5S3/c24-23-26-15(11-37-23)16(28-34-14-3-4-14)19(30)27-17-20(31)29-18(22(32)33)13(10-36-21(17)29)9-35-7-5-12-2-1-6-25-8-12/h1-2,5-8,11,14,17,21H,3-4,9-10H2,(H2,24,26)(H,27,30)(H,32,33)/b7-5-,28-16?/t17-,21-/m1/s1. The van der Waals surface area contributed by atoms with Crippen molar-refractivity contribution < 1.29 is 24.3 Å². The number of thioether (sulfide) groups is 2. The lowest BCUT2D eigenvalue weighted by Crippen LogP contribution is -2.71. The van der Waals surface area contributed by atoms with E-state index in [9.17, 15) is 19.5 Å². The van der Waals surface area contributed by atoms with Crippen molar-refractivity contribution in [2.45, 2.75) is 30.4 Å². The molecule has 2 aromatic heterocycles. The number of hydrogen-bond donors (Lipinski definition) is 3. The number of aromatic nitrogens is 2. The minimum Gasteiger partial charge on any atom is -0.477 e. The summed E-state index contributed by atoms with van der Waals surface area (Å²) in [5, 5.41) is 19.7. The Kier molecular flexibility index (Phi) is 7.48. The van der Waals surface area contributed by atoms with Gasteiger partial charge in [0.25, 0.3) is 11.8 Å². The molecule has 2 aromatic rings. The number of fused-ring (bicyclic) bond motifs is 1. The van der Waals surface area contributed by atoms with E-state index in [1.54, 1.807) is 17.8 Å². The lowest BCUT2D eigenvalue weighted by Gasteiger charge is -2.49. The first-order chi connectivity index (χ1) is 17.9. The number of rotatable bonds is 10. The van der Waals surface area contributed by atoms with Gasteiger partial charge in [0.2, 0.25) is 0 Å². The Morgan fingerprint density at radius 3 is 2.92 bits per heavy atom. The average Bonchev–Trinajstić information content (AvgIpc) is 3.63. The first-order valence-electron chi connectivity index (χ1n) is 11.3. The third-order valence-corrected chi connectivity index (χ3v) is 8.49. The topological polar surface area (TPSA) is 160 Å². The molecule has 192 valence electrons. The van der Waals surface area contributed by atoms with Gasteiger partial charge in [-0.05, 0) is 41.5 Å². The van der Waals surface area contributed by atoms with E-state index < -0.39 is 29.2 Å². The molecule has 0 unspecified atom stereocenters. The third-order valence-electron chi connectivity index (χ3n) is 5.63. The van der Waals surface area contributed by atoms with Crippen molar-refractivity contribution >= 4 is 69.6 Å². The van der Waals surface area contributed by atoms with Crippen molar-refractivity contribution in [2.24, 2.45) is 5.16 Å². The highest BCUT2D eigenvalue weighted by molar-refractivity contribution is 8.02. The van der Waals surface area contributed by atoms with E-state index >= 15 is 0 Å². The van der Waals surface area contributed by atoms with Gasteiger partial charge in [-0.1, -0.05) is 11.2 Å². The number of nitrogen functional groups attached to an aromatic ring is 1. The zero-order chi connectivity index (χ0) is 25.9. The van der Waals surface area contributed by atoms with Crippen LogP contribution in [0.4, 0.5) is 5.13 Å². The monoisotopic (exact) mass is 558 g/mol. The molecule has 2 fully saturated rings. The Hall–Kier alpha value is -3.36. The Balaban J connectivity index is 1.26. The summed E-state index contributed by atoms with van der Waals surface area (Å²) in [6.07, 6.45) is 6.99. The summed E-state index contributed by atoms with van der Waals surface area (Å²) in [6.45, 7) is 0. The van der Waals surface area contributed by atoms with Crippen LogP contribution < -0.4 is 11.1 Å². The van der Waals surface area contributed by atoms with Crippen LogP contribution in [0.3, 0.4) is 0 Å². The summed E-state index contributed by atoms with van der Waals surface area (Å²) in [6, 6.07) is 2.85. The molecule has 1 saturated heterocycles. The van der Waals surface area contributed by atoms with Crippen molar-refractivity contribution in [3.8, 4) is 0 Å². The lowest BCUT2D eigenvalue weighted by molar-refractivity contribution is -0.150. The van der Waals surface area contributed by atoms with Gasteiger partial charge in [0.15, 0.2) is 10.8 Å². The van der Waals surface area contributed by atoms with E-state index in [0.717, 1.165) is 29.7 Å². The predicted octanol–water partition coefficient (Wildman–Crippen LogP) is 2.15. The average molecular weight is 559 g/mol. The molecule has 37 heavy (non-hydrogen) atoms. The summed E-state index contributed by atoms with van der Waals surface area (Å²) >= 11 is 4.00. The lowest BCUT2D eigenvalue weighted by atomic mass is 10.0. The number of carbonyl (C=O) groups excluding carboxylic acids is 2. The predicted molar refractivity (Wildman–Crippen MR) is 143 cm³/mol. The Labute approximate surface area is 224 Å². The number of nitrogens with two attached hydrogens (primary N) is 1. The van der Waals surface area contributed by atoms with Crippen molar-refractivity contribution in [1.29, 1.82) is 0 Å². The van der Waals surface area contributed by atoms with Gasteiger partial charge in [0.05, 0.1) is 0 Å². The van der Waals surface area contributed by atoms with Crippen LogP contribution in [-0.2, 0) is 19.2 Å². The molecule has 2 aliphatic heterocycles. The number of oxime groups is 1. The molecule has 4 N–H and O–H groups in total. The van der Waals surface area contributed by atoms with E-state index in [1.165, 1.54) is 28.4 Å². The maximum absolute atomic E-state index is 13.1. The van der Waals surface area contributed by atoms with E-state index in [4.69, 9.17) is 10.6 Å². The number of pyridine rings is 1. The maximum Gasteiger partial charge on any atom is 0.352 e. The summed E-state index contributed by atoms with van der Waals surface area (Å²) < 4.78 is 0. The number of nitrogens with one attached hydrogen (secondary N) is 1. The zero-order valence-electron chi connectivity index (χ0n) is 19.3. The Morgan fingerprint density at radius 2 is 2.24 bits per heavy atom. The van der Waals surface area contributed by atoms with Crippen LogP contribution in [0.2, 0.25) is 0 Å². The summed E-state index contributed by atoms with van der Waals surface area (Å²) in [5.74, 6) is -1.46. The van der Waals surface area contributed by atoms with Crippen LogP contribution in [0.15, 0.2) is 51.7 Å². The molecular weight excluding hydrogens is 536 g/mol. The summed E-state index contributed by atoms with van der Waals surface area (Å²) in [7, 11) is 0. The highest BCUT2D eigenvalue weighted by atomic mass is 32.2. The SMILES string of the molecule is Nc1nc(C(=NOC2CC2)C(=O)N[C@@H]2C(=O)N3C(C(=O)O)=C(CS/C=C\c4cccnc4)CS[C@H]23)cs1. The van der Waals surface area contributed by atoms with E-state index in [2.05, 4.69) is 20.4 Å². The maximum atomic E-state index is 13.1. The molecule has 1 saturated carbocycles. The number of anilines is 1. The highest BCUT2D eigenvalue weighted by Crippen LogP contribution is 2.41. The number of β-lactam (4-membered cyclic amide) rings is 1. The van der Waals surface area contributed by atoms with Gasteiger partial charge in [0.1, 0.15) is 28.9 Å². The van der Waals surface area contributed by atoms with Gasteiger partial charge in [0, 0.05) is 29.3 Å². The normalized spacial score (nSPS) is 21.6. The number of carbonyl (C=O) groups is 3. The van der Waals surface area contributed by atoms with Crippen molar-refractivity contribution in [3.63, 3.8) is 0 Å². The van der Waals surface area contributed by atoms with Crippen molar-refractivity contribution in [2.75, 3.05) is 17.2 Å². The van der Waals surface area contributed by atoms with Gasteiger partial charge >= 0.3 is 5.97 Å². The fourth-order valence-electron chi connectivity index (χ4n) is 3.66. The molecule has 3 aliphatic rings. The van der Waals surface area contributed by atoms with E-state index in [0.29, 0.717) is 17.1 Å². The van der Waals surface area contributed by atoms with Crippen molar-refractivity contribution in [1.82, 2.24) is 20.2 Å². The number of hydrogen-bond acceptors (Lipinski definition) is 11. The smallest absolute Gasteiger partial charge is 0.352 e. The molecule has 2 atom stereocenters. The molecule has 5 rings (SSSR count). The van der Waals surface area contributed by atoms with Crippen LogP contribution >= 0.6 is 34.9 Å². The quantitative estimate of drug-likeness (QED) is 0.224. The number of aliphatic carboxylic acids is 1. The first kappa shape index (κ1) is 25.3. The highest BCUT2D eigenvalue weighted by Gasteiger charge is 2.54. The van der Waals surface area contributed by atoms with Crippen LogP contribution in [-0.4, -0.2) is 72.5 Å². The van der Waals surface area contributed by atoms with E-state index in [-0.39, 0.29) is 28.3 Å². The minimum atomic E-state index is -1.17. The van der Waals surface area contributed by atoms with Crippen LogP contribution in [0.5, 0.6) is 0 Å². The molecule has 1 aliphatic carbocycles. The summed E-state index contributed by atoms with van der Waals surface area (Å²) in [4.78, 5) is 52.9. The fourth-order valence-corrected chi connectivity index (χ4v) is 6.47. The molecule has 2 amide bonds. The molecular formula is C23H22N6O5S3. The van der Waals surface area contributed by atoms with Gasteiger partial charge in [-0.25, -0.2) is 9.78 Å². The van der Waals surface area contributed by atoms with E-state index in [1.807, 2.05) is 23.6 Å². The van der Waals surface area contributed by atoms with Gasteiger partial charge in [-0.2, -0.15) is 0 Å². The molecule has 0 radical (unpaired) electrons. The van der Waals surface area contributed by atoms with Crippen LogP contribution in [0.25, 0.3) is 6.08 Å². The van der Waals surface area contributed by atoms with Crippen LogP contribution in [0.1, 0.15) is 24.1 Å². The first-order valence-corrected chi connectivity index (χ1v) is 14.2. The number of carboxylic acid groups (broad SMARTS) is 1. The molecule has 11 nitrogen and oxygen atoms in total. The van der Waals surface area contributed by atoms with Gasteiger partial charge in [-0.3, -0.25) is 19.5 Å². The second-order valence-electron chi connectivity index (χ2n) is 8.33. The Bertz CT molecular complexity index is 1310. The molecule has 14 heteroatoms. The number of carboxylic acids is 1. The zero-order valence-corrected chi connectivity index (χ0v) is 21.7. The number of thiazole rings is 1. The second kappa shape index (κ2) is 10.9. The van der Waals surface area contributed by atoms with Gasteiger partial charge in [-0.15, -0.1) is 34.9 Å². The molecule has 0 aromatic carbocycles.